The molecule has 0 amide bonds. The number of hydrogen-bond donors (Lipinski definition) is 2. The lowest BCUT2D eigenvalue weighted by atomic mass is 10.2. The number of carboxylic acid groups (broad SMARTS) is 1. The van der Waals surface area contributed by atoms with Crippen molar-refractivity contribution in [1.29, 1.82) is 0 Å². The number of rotatable bonds is 8. The largest absolute Gasteiger partial charge is 0.481 e. The topological polar surface area (TPSA) is 86.7 Å². The maximum atomic E-state index is 12.0. The van der Waals surface area contributed by atoms with Gasteiger partial charge >= 0.3 is 5.97 Å². The molecule has 0 aliphatic heterocycles. The molecule has 1 aromatic carbocycles. The van der Waals surface area contributed by atoms with Crippen LogP contribution in [0.5, 0.6) is 0 Å². The van der Waals surface area contributed by atoms with Gasteiger partial charge in [-0.1, -0.05) is 0 Å². The molecule has 2 N–H and O–H groups in total. The van der Waals surface area contributed by atoms with E-state index in [1.165, 1.54) is 0 Å². The molecule has 0 bridgehead atoms. The van der Waals surface area contributed by atoms with Crippen LogP contribution in [0.15, 0.2) is 29.2 Å². The summed E-state index contributed by atoms with van der Waals surface area (Å²) in [5, 5.41) is 8.48. The monoisotopic (exact) mass is 300 g/mol. The fraction of sp³-hybridized carbons (Fsp3) is 0.462. The highest BCUT2D eigenvalue weighted by atomic mass is 32.2. The zero-order valence-electron chi connectivity index (χ0n) is 11.7. The molecule has 1 rings (SSSR count). The minimum Gasteiger partial charge on any atom is -0.481 e. The van der Waals surface area contributed by atoms with Gasteiger partial charge in [0.05, 0.1) is 4.90 Å². The van der Waals surface area contributed by atoms with E-state index in [1.807, 2.05) is 19.0 Å². The Morgan fingerprint density at radius 1 is 1.20 bits per heavy atom. The van der Waals surface area contributed by atoms with Gasteiger partial charge < -0.3 is 10.0 Å². The summed E-state index contributed by atoms with van der Waals surface area (Å²) in [5.41, 5.74) is 0.922. The Labute approximate surface area is 119 Å². The van der Waals surface area contributed by atoms with Crippen LogP contribution >= 0.6 is 0 Å². The summed E-state index contributed by atoms with van der Waals surface area (Å²) in [7, 11) is 0.239. The molecule has 7 heteroatoms. The molecule has 0 saturated heterocycles. The third-order valence-electron chi connectivity index (χ3n) is 2.77. The zero-order chi connectivity index (χ0) is 15.2. The molecule has 0 saturated carbocycles. The van der Waals surface area contributed by atoms with Crippen LogP contribution < -0.4 is 9.62 Å². The first-order valence-corrected chi connectivity index (χ1v) is 7.80. The maximum Gasteiger partial charge on any atom is 0.303 e. The number of carboxylic acids is 1. The van der Waals surface area contributed by atoms with Gasteiger partial charge in [-0.2, -0.15) is 0 Å². The predicted molar refractivity (Wildman–Crippen MR) is 77.4 cm³/mol. The molecule has 0 atom stereocenters. The average molecular weight is 300 g/mol. The van der Waals surface area contributed by atoms with Gasteiger partial charge in [-0.15, -0.1) is 0 Å². The van der Waals surface area contributed by atoms with Gasteiger partial charge in [-0.25, -0.2) is 13.1 Å². The molecule has 0 aliphatic carbocycles. The summed E-state index contributed by atoms with van der Waals surface area (Å²) in [4.78, 5) is 12.4. The summed E-state index contributed by atoms with van der Waals surface area (Å²) < 4.78 is 26.4. The Balaban J connectivity index is 2.53. The molecule has 0 aliphatic rings. The van der Waals surface area contributed by atoms with E-state index in [4.69, 9.17) is 5.11 Å². The Kier molecular flexibility index (Phi) is 5.97. The maximum absolute atomic E-state index is 12.0. The number of hydrogen-bond acceptors (Lipinski definition) is 4. The van der Waals surface area contributed by atoms with E-state index in [-0.39, 0.29) is 17.9 Å². The molecule has 0 unspecified atom stereocenters. The molecular weight excluding hydrogens is 280 g/mol. The van der Waals surface area contributed by atoms with Crippen LogP contribution in [0.25, 0.3) is 0 Å². The first-order chi connectivity index (χ1) is 9.33. The van der Waals surface area contributed by atoms with Crippen LogP contribution in [-0.2, 0) is 14.8 Å². The molecule has 0 fully saturated rings. The van der Waals surface area contributed by atoms with Gasteiger partial charge in [0.1, 0.15) is 0 Å². The Morgan fingerprint density at radius 2 is 1.80 bits per heavy atom. The fourth-order valence-corrected chi connectivity index (χ4v) is 2.69. The van der Waals surface area contributed by atoms with Gasteiger partial charge in [0.2, 0.25) is 10.0 Å². The smallest absolute Gasteiger partial charge is 0.303 e. The number of benzene rings is 1. The lowest BCUT2D eigenvalue weighted by Gasteiger charge is -2.13. The number of sulfonamides is 1. The third-order valence-corrected chi connectivity index (χ3v) is 4.25. The van der Waals surface area contributed by atoms with Crippen molar-refractivity contribution in [2.75, 3.05) is 25.5 Å². The van der Waals surface area contributed by atoms with Gasteiger partial charge in [-0.3, -0.25) is 4.79 Å². The average Bonchev–Trinajstić information content (AvgIpc) is 2.38. The van der Waals surface area contributed by atoms with Crippen LogP contribution in [0.4, 0.5) is 5.69 Å². The van der Waals surface area contributed by atoms with E-state index in [2.05, 4.69) is 4.72 Å². The second-order valence-corrected chi connectivity index (χ2v) is 6.40. The summed E-state index contributed by atoms with van der Waals surface area (Å²) in [6, 6.07) is 6.57. The van der Waals surface area contributed by atoms with Crippen LogP contribution in [0.2, 0.25) is 0 Å². The number of unbranched alkanes of at least 4 members (excludes halogenated alkanes) is 1. The number of nitrogens with one attached hydrogen (secondary N) is 1. The second kappa shape index (κ2) is 7.25. The molecule has 6 nitrogen and oxygen atoms in total. The van der Waals surface area contributed by atoms with E-state index in [0.29, 0.717) is 12.8 Å². The van der Waals surface area contributed by atoms with Crippen molar-refractivity contribution in [3.8, 4) is 0 Å². The molecule has 0 heterocycles. The number of carbonyl (C=O) groups is 1. The molecular formula is C13H20N2O4S. The van der Waals surface area contributed by atoms with Gasteiger partial charge in [0.15, 0.2) is 0 Å². The summed E-state index contributed by atoms with van der Waals surface area (Å²) in [5.74, 6) is -0.868. The van der Waals surface area contributed by atoms with Crippen LogP contribution in [-0.4, -0.2) is 40.1 Å². The van der Waals surface area contributed by atoms with Crippen LogP contribution in [0.3, 0.4) is 0 Å². The summed E-state index contributed by atoms with van der Waals surface area (Å²) in [6.45, 7) is 0.241. The van der Waals surface area contributed by atoms with Crippen molar-refractivity contribution in [2.24, 2.45) is 0 Å². The number of anilines is 1. The van der Waals surface area contributed by atoms with Crippen molar-refractivity contribution >= 4 is 21.7 Å². The summed E-state index contributed by atoms with van der Waals surface area (Å²) in [6.07, 6.45) is 1.01. The molecule has 112 valence electrons. The number of nitrogens with zero attached hydrogens (tertiary/aromatic N) is 1. The van der Waals surface area contributed by atoms with E-state index >= 15 is 0 Å². The van der Waals surface area contributed by atoms with Crippen molar-refractivity contribution in [3.63, 3.8) is 0 Å². The van der Waals surface area contributed by atoms with Gasteiger partial charge in [0.25, 0.3) is 0 Å². The zero-order valence-corrected chi connectivity index (χ0v) is 12.5. The Bertz CT molecular complexity index is 538. The lowest BCUT2D eigenvalue weighted by molar-refractivity contribution is -0.137. The Hall–Kier alpha value is -1.60. The van der Waals surface area contributed by atoms with Crippen LogP contribution in [0.1, 0.15) is 19.3 Å². The highest BCUT2D eigenvalue weighted by Crippen LogP contribution is 2.15. The highest BCUT2D eigenvalue weighted by molar-refractivity contribution is 7.89. The highest BCUT2D eigenvalue weighted by Gasteiger charge is 2.13. The molecule has 20 heavy (non-hydrogen) atoms. The standard InChI is InChI=1S/C13H20N2O4S/c1-15(2)11-6-8-12(9-7-11)20(18,19)14-10-4-3-5-13(16)17/h6-9,14H,3-5,10H2,1-2H3,(H,16,17). The van der Waals surface area contributed by atoms with Crippen molar-refractivity contribution in [1.82, 2.24) is 4.72 Å². The van der Waals surface area contributed by atoms with Crippen molar-refractivity contribution in [3.05, 3.63) is 24.3 Å². The van der Waals surface area contributed by atoms with E-state index in [9.17, 15) is 13.2 Å². The lowest BCUT2D eigenvalue weighted by Crippen LogP contribution is -2.25. The first-order valence-electron chi connectivity index (χ1n) is 6.32. The third kappa shape index (κ3) is 5.18. The molecule has 1 aromatic rings. The predicted octanol–water partition coefficient (Wildman–Crippen LogP) is 1.29. The fourth-order valence-electron chi connectivity index (χ4n) is 1.61. The SMILES string of the molecule is CN(C)c1ccc(S(=O)(=O)NCCCCC(=O)O)cc1. The minimum atomic E-state index is -3.52. The molecule has 0 spiro atoms. The van der Waals surface area contributed by atoms with Crippen molar-refractivity contribution in [2.45, 2.75) is 24.2 Å². The molecule has 0 radical (unpaired) electrons. The normalized spacial score (nSPS) is 11.3. The van der Waals surface area contributed by atoms with E-state index in [1.54, 1.807) is 24.3 Å². The minimum absolute atomic E-state index is 0.0548. The van der Waals surface area contributed by atoms with E-state index in [0.717, 1.165) is 5.69 Å². The quantitative estimate of drug-likeness (QED) is 0.706. The molecule has 0 aromatic heterocycles. The van der Waals surface area contributed by atoms with Crippen LogP contribution in [0, 0.1) is 0 Å². The summed E-state index contributed by atoms with van der Waals surface area (Å²) >= 11 is 0. The Morgan fingerprint density at radius 3 is 2.30 bits per heavy atom. The van der Waals surface area contributed by atoms with E-state index < -0.39 is 16.0 Å². The number of aliphatic carboxylic acids is 1. The van der Waals surface area contributed by atoms with Gasteiger partial charge in [0, 0.05) is 32.7 Å². The first kappa shape index (κ1) is 16.5. The van der Waals surface area contributed by atoms with Gasteiger partial charge in [-0.05, 0) is 37.1 Å². The van der Waals surface area contributed by atoms with Crippen molar-refractivity contribution < 1.29 is 18.3 Å². The second-order valence-electron chi connectivity index (χ2n) is 4.64.